The van der Waals surface area contributed by atoms with Gasteiger partial charge in [-0.05, 0) is 30.3 Å². The van der Waals surface area contributed by atoms with E-state index in [1.165, 1.54) is 18.2 Å². The van der Waals surface area contributed by atoms with Crippen molar-refractivity contribution < 1.29 is 17.9 Å². The monoisotopic (exact) mass is 374 g/mol. The lowest BCUT2D eigenvalue weighted by Gasteiger charge is -2.13. The molecule has 0 aliphatic rings. The first-order valence-corrected chi connectivity index (χ1v) is 6.89. The lowest BCUT2D eigenvalue weighted by atomic mass is 10.1. The van der Waals surface area contributed by atoms with E-state index in [0.717, 1.165) is 12.1 Å². The molecular weight excluding hydrogens is 371 g/mol. The minimum atomic E-state index is -4.80. The molecule has 112 valence electrons. The van der Waals surface area contributed by atoms with Crippen molar-refractivity contribution in [3.05, 3.63) is 50.4 Å². The zero-order chi connectivity index (χ0) is 15.8. The van der Waals surface area contributed by atoms with Gasteiger partial charge >= 0.3 is 6.36 Å². The number of halogens is 7. The average Bonchev–Trinajstić information content (AvgIpc) is 2.35. The highest BCUT2D eigenvalue weighted by Gasteiger charge is 2.31. The Morgan fingerprint density at radius 2 is 1.43 bits per heavy atom. The van der Waals surface area contributed by atoms with Crippen LogP contribution in [-0.2, 0) is 0 Å². The third-order valence-corrected chi connectivity index (χ3v) is 3.92. The molecule has 0 fully saturated rings. The Kier molecular flexibility index (Phi) is 4.83. The topological polar surface area (TPSA) is 9.23 Å². The Labute approximate surface area is 138 Å². The van der Waals surface area contributed by atoms with Gasteiger partial charge in [0.05, 0.1) is 20.1 Å². The minimum Gasteiger partial charge on any atom is -0.406 e. The maximum Gasteiger partial charge on any atom is 0.573 e. The van der Waals surface area contributed by atoms with Gasteiger partial charge in [0, 0.05) is 11.1 Å². The second-order valence-electron chi connectivity index (χ2n) is 3.91. The summed E-state index contributed by atoms with van der Waals surface area (Å²) in [6, 6.07) is 6.49. The number of rotatable bonds is 2. The molecule has 0 aromatic heterocycles. The molecule has 21 heavy (non-hydrogen) atoms. The summed E-state index contributed by atoms with van der Waals surface area (Å²) >= 11 is 24.0. The van der Waals surface area contributed by atoms with Crippen molar-refractivity contribution >= 4 is 46.4 Å². The molecule has 0 heterocycles. The minimum absolute atomic E-state index is 0.00261. The van der Waals surface area contributed by atoms with Crippen molar-refractivity contribution in [1.82, 2.24) is 0 Å². The van der Waals surface area contributed by atoms with Gasteiger partial charge in [-0.25, -0.2) is 0 Å². The molecular formula is C13H5Cl4F3O. The van der Waals surface area contributed by atoms with E-state index in [2.05, 4.69) is 4.74 Å². The largest absolute Gasteiger partial charge is 0.573 e. The maximum atomic E-state index is 12.2. The van der Waals surface area contributed by atoms with Crippen LogP contribution in [0.25, 0.3) is 11.1 Å². The van der Waals surface area contributed by atoms with Crippen LogP contribution >= 0.6 is 46.4 Å². The van der Waals surface area contributed by atoms with Gasteiger partial charge in [0.25, 0.3) is 0 Å². The van der Waals surface area contributed by atoms with E-state index in [-0.39, 0.29) is 20.1 Å². The second-order valence-corrected chi connectivity index (χ2v) is 5.51. The van der Waals surface area contributed by atoms with Crippen molar-refractivity contribution in [3.63, 3.8) is 0 Å². The molecule has 0 saturated carbocycles. The van der Waals surface area contributed by atoms with Crippen molar-refractivity contribution in [1.29, 1.82) is 0 Å². The van der Waals surface area contributed by atoms with Crippen molar-refractivity contribution in [2.75, 3.05) is 0 Å². The summed E-state index contributed by atoms with van der Waals surface area (Å²) in [4.78, 5) is 0. The van der Waals surface area contributed by atoms with Crippen LogP contribution in [0.5, 0.6) is 5.75 Å². The first-order valence-electron chi connectivity index (χ1n) is 5.38. The van der Waals surface area contributed by atoms with Crippen LogP contribution in [0, 0.1) is 0 Å². The SMILES string of the molecule is FC(F)(F)Oc1ccc(-c2c(Cl)ccc(Cl)c2Cl)c(Cl)c1. The predicted molar refractivity (Wildman–Crippen MR) is 78.6 cm³/mol. The molecule has 0 spiro atoms. The number of hydrogen-bond acceptors (Lipinski definition) is 1. The Balaban J connectivity index is 2.50. The van der Waals surface area contributed by atoms with Gasteiger partial charge < -0.3 is 4.74 Å². The summed E-state index contributed by atoms with van der Waals surface area (Å²) in [5.41, 5.74) is 0.693. The lowest BCUT2D eigenvalue weighted by Crippen LogP contribution is -2.17. The highest BCUT2D eigenvalue weighted by atomic mass is 35.5. The average molecular weight is 376 g/mol. The molecule has 2 aromatic carbocycles. The van der Waals surface area contributed by atoms with Gasteiger partial charge in [-0.15, -0.1) is 13.2 Å². The molecule has 0 aliphatic heterocycles. The van der Waals surface area contributed by atoms with Gasteiger partial charge in [0.1, 0.15) is 5.75 Å². The number of hydrogen-bond donors (Lipinski definition) is 0. The fourth-order valence-electron chi connectivity index (χ4n) is 1.67. The van der Waals surface area contributed by atoms with Crippen LogP contribution < -0.4 is 4.74 Å². The zero-order valence-electron chi connectivity index (χ0n) is 9.94. The molecule has 0 N–H and O–H groups in total. The highest BCUT2D eigenvalue weighted by Crippen LogP contribution is 2.43. The highest BCUT2D eigenvalue weighted by molar-refractivity contribution is 6.46. The van der Waals surface area contributed by atoms with Crippen LogP contribution in [0.4, 0.5) is 13.2 Å². The maximum absolute atomic E-state index is 12.2. The molecule has 1 nitrogen and oxygen atoms in total. The van der Waals surface area contributed by atoms with Crippen molar-refractivity contribution in [3.8, 4) is 16.9 Å². The molecule has 2 aromatic rings. The van der Waals surface area contributed by atoms with Gasteiger partial charge in [-0.2, -0.15) is 0 Å². The van der Waals surface area contributed by atoms with Crippen LogP contribution in [0.2, 0.25) is 20.1 Å². The summed E-state index contributed by atoms with van der Waals surface area (Å²) in [5.74, 6) is -0.439. The third kappa shape index (κ3) is 3.89. The Bertz CT molecular complexity index is 686. The Morgan fingerprint density at radius 1 is 0.810 bits per heavy atom. The molecule has 8 heteroatoms. The second kappa shape index (κ2) is 6.13. The molecule has 0 saturated heterocycles. The van der Waals surface area contributed by atoms with Gasteiger partial charge in [0.2, 0.25) is 0 Å². The summed E-state index contributed by atoms with van der Waals surface area (Å²) in [6.07, 6.45) is -4.80. The van der Waals surface area contributed by atoms with E-state index in [9.17, 15) is 13.2 Å². The van der Waals surface area contributed by atoms with Crippen LogP contribution in [0.15, 0.2) is 30.3 Å². The Hall–Kier alpha value is -0.810. The normalized spacial score (nSPS) is 11.6. The van der Waals surface area contributed by atoms with Crippen molar-refractivity contribution in [2.24, 2.45) is 0 Å². The molecule has 0 bridgehead atoms. The lowest BCUT2D eigenvalue weighted by molar-refractivity contribution is -0.274. The first-order chi connectivity index (χ1) is 9.69. The Morgan fingerprint density at radius 3 is 2.00 bits per heavy atom. The zero-order valence-corrected chi connectivity index (χ0v) is 13.0. The number of alkyl halides is 3. The van der Waals surface area contributed by atoms with E-state index < -0.39 is 12.1 Å². The van der Waals surface area contributed by atoms with E-state index in [0.29, 0.717) is 11.1 Å². The van der Waals surface area contributed by atoms with E-state index in [1.54, 1.807) is 0 Å². The molecule has 0 amide bonds. The van der Waals surface area contributed by atoms with Gasteiger partial charge in [-0.3, -0.25) is 0 Å². The fourth-order valence-corrected chi connectivity index (χ4v) is 2.67. The van der Waals surface area contributed by atoms with Crippen LogP contribution in [0.3, 0.4) is 0 Å². The van der Waals surface area contributed by atoms with Crippen LogP contribution in [0.1, 0.15) is 0 Å². The summed E-state index contributed by atoms with van der Waals surface area (Å²) in [7, 11) is 0. The first kappa shape index (κ1) is 16.6. The summed E-state index contributed by atoms with van der Waals surface area (Å²) in [6.45, 7) is 0. The van der Waals surface area contributed by atoms with Crippen LogP contribution in [-0.4, -0.2) is 6.36 Å². The van der Waals surface area contributed by atoms with Crippen molar-refractivity contribution in [2.45, 2.75) is 6.36 Å². The molecule has 2 rings (SSSR count). The third-order valence-electron chi connectivity index (χ3n) is 2.49. The molecule has 0 aliphatic carbocycles. The molecule has 0 atom stereocenters. The quantitative estimate of drug-likeness (QED) is 0.520. The van der Waals surface area contributed by atoms with E-state index in [4.69, 9.17) is 46.4 Å². The van der Waals surface area contributed by atoms with E-state index in [1.807, 2.05) is 0 Å². The molecule has 0 unspecified atom stereocenters. The van der Waals surface area contributed by atoms with Gasteiger partial charge in [-0.1, -0.05) is 46.4 Å². The number of benzene rings is 2. The standard InChI is InChI=1S/C13H5Cl4F3O/c14-8-3-4-9(15)12(17)11(8)7-2-1-6(5-10(7)16)21-13(18,19)20/h1-5H. The fraction of sp³-hybridized carbons (Fsp3) is 0.0769. The smallest absolute Gasteiger partial charge is 0.406 e. The summed E-state index contributed by atoms with van der Waals surface area (Å²) < 4.78 is 40.2. The molecule has 0 radical (unpaired) electrons. The predicted octanol–water partition coefficient (Wildman–Crippen LogP) is 6.87. The number of ether oxygens (including phenoxy) is 1. The summed E-state index contributed by atoms with van der Waals surface area (Å²) in [5, 5.41) is 0.692. The van der Waals surface area contributed by atoms with Gasteiger partial charge in [0.15, 0.2) is 0 Å². The van der Waals surface area contributed by atoms with E-state index >= 15 is 0 Å².